The first-order chi connectivity index (χ1) is 7.26. The Morgan fingerprint density at radius 3 is 1.80 bits per heavy atom. The molecule has 0 heterocycles. The van der Waals surface area contributed by atoms with Crippen molar-refractivity contribution in [1.29, 1.82) is 0 Å². The Bertz CT molecular complexity index is 111. The molecule has 0 aliphatic heterocycles. The first-order valence-corrected chi connectivity index (χ1v) is 6.87. The van der Waals surface area contributed by atoms with Crippen molar-refractivity contribution in [3.05, 3.63) is 12.7 Å². The number of hydrogen-bond acceptors (Lipinski definition) is 3. The third kappa shape index (κ3) is 16.5. The lowest BCUT2D eigenvalue weighted by molar-refractivity contribution is 0.163. The van der Waals surface area contributed by atoms with Gasteiger partial charge in [0.15, 0.2) is 0 Å². The average molecular weight is 234 g/mol. The molecule has 0 saturated heterocycles. The molecule has 0 unspecified atom stereocenters. The number of hydrogen-bond donors (Lipinski definition) is 0. The second kappa shape index (κ2) is 16.3. The van der Waals surface area contributed by atoms with Gasteiger partial charge in [0.25, 0.3) is 0 Å². The average Bonchev–Trinajstić information content (AvgIpc) is 2.28. The van der Waals surface area contributed by atoms with E-state index >= 15 is 0 Å². The molecule has 0 atom stereocenters. The Balaban J connectivity index is 0. The van der Waals surface area contributed by atoms with Gasteiger partial charge in [-0.15, -0.1) is 6.58 Å². The fourth-order valence-corrected chi connectivity index (χ4v) is 1.58. The van der Waals surface area contributed by atoms with Gasteiger partial charge in [-0.1, -0.05) is 32.3 Å². The summed E-state index contributed by atoms with van der Waals surface area (Å²) in [6, 6.07) is 0. The van der Waals surface area contributed by atoms with E-state index in [1.54, 1.807) is 21.3 Å². The quantitative estimate of drug-likeness (QED) is 0.367. The summed E-state index contributed by atoms with van der Waals surface area (Å²) in [4.78, 5) is 0. The molecule has 0 aromatic heterocycles. The molecule has 0 spiro atoms. The molecule has 4 heteroatoms. The second-order valence-corrected chi connectivity index (χ2v) is 5.13. The summed E-state index contributed by atoms with van der Waals surface area (Å²) < 4.78 is 14.2. The van der Waals surface area contributed by atoms with Gasteiger partial charge in [-0.05, 0) is 12.8 Å². The van der Waals surface area contributed by atoms with E-state index in [9.17, 15) is 0 Å². The minimum Gasteiger partial charge on any atom is -0.379 e. The van der Waals surface area contributed by atoms with Crippen LogP contribution in [0, 0.1) is 0 Å². The molecule has 0 aliphatic carbocycles. The first kappa shape index (κ1) is 17.2. The van der Waals surface area contributed by atoms with Gasteiger partial charge in [0, 0.05) is 21.3 Å². The number of unbranched alkanes of at least 4 members (excludes halogenated alkanes) is 4. The Morgan fingerprint density at radius 2 is 1.53 bits per heavy atom. The van der Waals surface area contributed by atoms with Crippen molar-refractivity contribution in [2.24, 2.45) is 0 Å². The summed E-state index contributed by atoms with van der Waals surface area (Å²) in [6.07, 6.45) is 8.61. The molecular weight excluding hydrogens is 208 g/mol. The molecule has 0 amide bonds. The van der Waals surface area contributed by atoms with Gasteiger partial charge in [0.05, 0.1) is 0 Å². The Hall–Kier alpha value is -0.163. The second-order valence-electron chi connectivity index (χ2n) is 3.13. The van der Waals surface area contributed by atoms with Crippen LogP contribution in [0.4, 0.5) is 0 Å². The van der Waals surface area contributed by atoms with E-state index in [4.69, 9.17) is 13.3 Å². The highest BCUT2D eigenvalue weighted by atomic mass is 28.3. The molecule has 0 aromatic rings. The number of allylic oxidation sites excluding steroid dienone is 1. The lowest BCUT2D eigenvalue weighted by Crippen LogP contribution is -2.21. The maximum absolute atomic E-state index is 4.74. The highest BCUT2D eigenvalue weighted by Gasteiger charge is 2.04. The molecule has 3 nitrogen and oxygen atoms in total. The Labute approximate surface area is 96.4 Å². The van der Waals surface area contributed by atoms with Crippen LogP contribution in [-0.4, -0.2) is 30.9 Å². The van der Waals surface area contributed by atoms with E-state index in [1.165, 1.54) is 32.1 Å². The highest BCUT2D eigenvalue weighted by Crippen LogP contribution is 2.01. The molecule has 0 N–H and O–H groups in total. The van der Waals surface area contributed by atoms with Gasteiger partial charge in [-0.2, -0.15) is 0 Å². The molecule has 0 rings (SSSR count). The monoisotopic (exact) mass is 234 g/mol. The van der Waals surface area contributed by atoms with Gasteiger partial charge in [0.1, 0.15) is 0 Å². The lowest BCUT2D eigenvalue weighted by Gasteiger charge is -2.05. The molecule has 15 heavy (non-hydrogen) atoms. The molecule has 0 aliphatic rings. The fraction of sp³-hybridized carbons (Fsp3) is 0.818. The zero-order valence-electron chi connectivity index (χ0n) is 10.6. The maximum atomic E-state index is 4.74. The SMILES string of the molecule is C=CCCCCCC.CO[SiH](OC)OC. The molecule has 0 aromatic carbocycles. The van der Waals surface area contributed by atoms with Crippen molar-refractivity contribution in [3.63, 3.8) is 0 Å². The topological polar surface area (TPSA) is 27.7 Å². The lowest BCUT2D eigenvalue weighted by atomic mass is 10.2. The van der Waals surface area contributed by atoms with E-state index in [-0.39, 0.29) is 0 Å². The van der Waals surface area contributed by atoms with Gasteiger partial charge < -0.3 is 13.3 Å². The Kier molecular flexibility index (Phi) is 18.7. The Morgan fingerprint density at radius 1 is 1.00 bits per heavy atom. The van der Waals surface area contributed by atoms with Crippen LogP contribution in [0.5, 0.6) is 0 Å². The van der Waals surface area contributed by atoms with Crippen LogP contribution in [0.15, 0.2) is 12.7 Å². The van der Waals surface area contributed by atoms with E-state index in [0.717, 1.165) is 0 Å². The minimum absolute atomic E-state index is 1.19. The van der Waals surface area contributed by atoms with Gasteiger partial charge in [0.2, 0.25) is 0 Å². The molecular formula is C11H26O3Si. The maximum Gasteiger partial charge on any atom is 0.483 e. The van der Waals surface area contributed by atoms with Gasteiger partial charge >= 0.3 is 9.53 Å². The van der Waals surface area contributed by atoms with E-state index in [0.29, 0.717) is 0 Å². The number of rotatable bonds is 8. The predicted molar refractivity (Wildman–Crippen MR) is 67.1 cm³/mol. The molecule has 0 radical (unpaired) electrons. The van der Waals surface area contributed by atoms with Crippen molar-refractivity contribution < 1.29 is 13.3 Å². The smallest absolute Gasteiger partial charge is 0.379 e. The van der Waals surface area contributed by atoms with Crippen molar-refractivity contribution in [2.75, 3.05) is 21.3 Å². The van der Waals surface area contributed by atoms with Crippen molar-refractivity contribution >= 4 is 9.53 Å². The van der Waals surface area contributed by atoms with Gasteiger partial charge in [-0.3, -0.25) is 0 Å². The van der Waals surface area contributed by atoms with E-state index in [2.05, 4.69) is 13.5 Å². The largest absolute Gasteiger partial charge is 0.483 e. The molecule has 0 fully saturated rings. The van der Waals surface area contributed by atoms with Crippen molar-refractivity contribution in [1.82, 2.24) is 0 Å². The molecule has 0 bridgehead atoms. The van der Waals surface area contributed by atoms with E-state index in [1.807, 2.05) is 6.08 Å². The first-order valence-electron chi connectivity index (χ1n) is 5.46. The normalized spacial score (nSPS) is 9.67. The van der Waals surface area contributed by atoms with Crippen molar-refractivity contribution in [2.45, 2.75) is 39.0 Å². The highest BCUT2D eigenvalue weighted by molar-refractivity contribution is 6.36. The molecule has 92 valence electrons. The summed E-state index contributed by atoms with van der Waals surface area (Å²) in [5.74, 6) is 0. The third-order valence-electron chi connectivity index (χ3n) is 1.84. The van der Waals surface area contributed by atoms with Gasteiger partial charge in [-0.25, -0.2) is 0 Å². The third-order valence-corrected chi connectivity index (χ3v) is 2.99. The summed E-state index contributed by atoms with van der Waals surface area (Å²) >= 11 is 0. The summed E-state index contributed by atoms with van der Waals surface area (Å²) in [5.41, 5.74) is 0. The minimum atomic E-state index is -1.67. The predicted octanol–water partition coefficient (Wildman–Crippen LogP) is 2.79. The summed E-state index contributed by atoms with van der Waals surface area (Å²) in [7, 11) is 3.05. The van der Waals surface area contributed by atoms with Crippen LogP contribution in [0.3, 0.4) is 0 Å². The van der Waals surface area contributed by atoms with Crippen LogP contribution < -0.4 is 0 Å². The van der Waals surface area contributed by atoms with E-state index < -0.39 is 9.53 Å². The van der Waals surface area contributed by atoms with Crippen LogP contribution in [0.2, 0.25) is 0 Å². The van der Waals surface area contributed by atoms with Crippen LogP contribution >= 0.6 is 0 Å². The summed E-state index contributed by atoms with van der Waals surface area (Å²) in [5, 5.41) is 0. The van der Waals surface area contributed by atoms with Crippen LogP contribution in [0.1, 0.15) is 39.0 Å². The zero-order valence-corrected chi connectivity index (χ0v) is 11.8. The standard InChI is InChI=1S/C8H16.C3H10O3Si/c1-3-5-7-8-6-4-2;1-4-7(5-2)6-3/h3H,1,4-8H2,2H3;7H,1-3H3. The van der Waals surface area contributed by atoms with Crippen molar-refractivity contribution in [3.8, 4) is 0 Å². The van der Waals surface area contributed by atoms with Crippen LogP contribution in [0.25, 0.3) is 0 Å². The summed E-state index contributed by atoms with van der Waals surface area (Å²) in [6.45, 7) is 5.89. The molecule has 0 saturated carbocycles. The fourth-order valence-electron chi connectivity index (χ4n) is 1.00. The van der Waals surface area contributed by atoms with Crippen LogP contribution in [-0.2, 0) is 13.3 Å². The zero-order chi connectivity index (χ0) is 11.9.